The third-order valence-corrected chi connectivity index (χ3v) is 4.74. The van der Waals surface area contributed by atoms with Crippen LogP contribution in [0.25, 0.3) is 0 Å². The second-order valence-electron chi connectivity index (χ2n) is 6.29. The van der Waals surface area contributed by atoms with Crippen molar-refractivity contribution in [2.75, 3.05) is 0 Å². The van der Waals surface area contributed by atoms with Crippen LogP contribution >= 0.6 is 0 Å². The fourth-order valence-corrected chi connectivity index (χ4v) is 3.46. The van der Waals surface area contributed by atoms with E-state index in [0.29, 0.717) is 23.3 Å². The number of ether oxygens (including phenoxy) is 1. The van der Waals surface area contributed by atoms with Crippen molar-refractivity contribution in [1.29, 1.82) is 0 Å². The van der Waals surface area contributed by atoms with Crippen LogP contribution < -0.4 is 0 Å². The van der Waals surface area contributed by atoms with Gasteiger partial charge in [0.2, 0.25) is 0 Å². The summed E-state index contributed by atoms with van der Waals surface area (Å²) in [5.41, 5.74) is 1.11. The van der Waals surface area contributed by atoms with Crippen molar-refractivity contribution in [3.8, 4) is 0 Å². The zero-order valence-corrected chi connectivity index (χ0v) is 12.0. The maximum Gasteiger partial charge on any atom is 0.261 e. The highest BCUT2D eigenvalue weighted by Crippen LogP contribution is 2.34. The SMILES string of the molecule is O=C1c2ccccc2C(=O)N1[C@H]1CC[C@H](OC2CC2)CC1. The molecular weight excluding hydrogens is 266 g/mol. The second-order valence-corrected chi connectivity index (χ2v) is 6.29. The minimum atomic E-state index is -0.123. The van der Waals surface area contributed by atoms with Crippen LogP contribution in [0.3, 0.4) is 0 Å². The summed E-state index contributed by atoms with van der Waals surface area (Å²) < 4.78 is 5.94. The van der Waals surface area contributed by atoms with Gasteiger partial charge < -0.3 is 4.74 Å². The molecule has 0 saturated heterocycles. The normalized spacial score (nSPS) is 28.9. The summed E-state index contributed by atoms with van der Waals surface area (Å²) in [5.74, 6) is -0.246. The van der Waals surface area contributed by atoms with E-state index in [2.05, 4.69) is 0 Å². The molecule has 1 heterocycles. The van der Waals surface area contributed by atoms with Crippen molar-refractivity contribution in [2.24, 2.45) is 0 Å². The molecule has 1 aromatic carbocycles. The number of nitrogens with zero attached hydrogens (tertiary/aromatic N) is 1. The van der Waals surface area contributed by atoms with E-state index >= 15 is 0 Å². The van der Waals surface area contributed by atoms with Gasteiger partial charge in [0.25, 0.3) is 11.8 Å². The van der Waals surface area contributed by atoms with Crippen molar-refractivity contribution in [2.45, 2.75) is 56.8 Å². The number of hydrogen-bond acceptors (Lipinski definition) is 3. The molecular formula is C17H19NO3. The summed E-state index contributed by atoms with van der Waals surface area (Å²) in [6.45, 7) is 0. The van der Waals surface area contributed by atoms with Gasteiger partial charge in [-0.3, -0.25) is 14.5 Å². The predicted octanol–water partition coefficient (Wildman–Crippen LogP) is 2.77. The lowest BCUT2D eigenvalue weighted by Crippen LogP contribution is -2.43. The molecule has 2 amide bonds. The standard InChI is InChI=1S/C17H19NO3/c19-16-14-3-1-2-4-15(14)17(20)18(16)11-5-7-12(8-6-11)21-13-9-10-13/h1-4,11-13H,5-10H2/t11-,12-. The molecule has 1 aliphatic heterocycles. The van der Waals surface area contributed by atoms with E-state index in [1.165, 1.54) is 17.7 Å². The van der Waals surface area contributed by atoms with Crippen LogP contribution in [0.5, 0.6) is 0 Å². The number of benzene rings is 1. The second kappa shape index (κ2) is 4.95. The van der Waals surface area contributed by atoms with Gasteiger partial charge in [0.05, 0.1) is 23.3 Å². The number of carbonyl (C=O) groups is 2. The van der Waals surface area contributed by atoms with Crippen molar-refractivity contribution in [1.82, 2.24) is 4.90 Å². The molecule has 4 heteroatoms. The Morgan fingerprint density at radius 2 is 1.29 bits per heavy atom. The summed E-state index contributed by atoms with van der Waals surface area (Å²) in [6.07, 6.45) is 6.82. The molecule has 0 aromatic heterocycles. The maximum absolute atomic E-state index is 12.4. The molecule has 21 heavy (non-hydrogen) atoms. The molecule has 2 fully saturated rings. The van der Waals surface area contributed by atoms with Crippen LogP contribution in [-0.2, 0) is 4.74 Å². The van der Waals surface area contributed by atoms with Gasteiger partial charge in [0.1, 0.15) is 0 Å². The Kier molecular flexibility index (Phi) is 3.07. The summed E-state index contributed by atoms with van der Waals surface area (Å²) in [6, 6.07) is 7.16. The summed E-state index contributed by atoms with van der Waals surface area (Å²) >= 11 is 0. The average molecular weight is 285 g/mol. The van der Waals surface area contributed by atoms with Crippen molar-refractivity contribution < 1.29 is 14.3 Å². The number of fused-ring (bicyclic) bond motifs is 1. The summed E-state index contributed by atoms with van der Waals surface area (Å²) in [4.78, 5) is 26.4. The van der Waals surface area contributed by atoms with E-state index in [-0.39, 0.29) is 17.9 Å². The van der Waals surface area contributed by atoms with Crippen LogP contribution in [0, 0.1) is 0 Å². The molecule has 4 nitrogen and oxygen atoms in total. The molecule has 0 spiro atoms. The molecule has 0 radical (unpaired) electrons. The molecule has 3 aliphatic rings. The van der Waals surface area contributed by atoms with Crippen LogP contribution in [-0.4, -0.2) is 35.0 Å². The Bertz CT molecular complexity index is 550. The zero-order valence-electron chi connectivity index (χ0n) is 12.0. The molecule has 1 aromatic rings. The van der Waals surface area contributed by atoms with Gasteiger partial charge in [-0.05, 0) is 50.7 Å². The van der Waals surface area contributed by atoms with Crippen molar-refractivity contribution in [3.63, 3.8) is 0 Å². The Hall–Kier alpha value is -1.68. The van der Waals surface area contributed by atoms with Gasteiger partial charge in [0, 0.05) is 6.04 Å². The molecule has 0 unspecified atom stereocenters. The number of hydrogen-bond donors (Lipinski definition) is 0. The molecule has 0 N–H and O–H groups in total. The predicted molar refractivity (Wildman–Crippen MR) is 77.1 cm³/mol. The fraction of sp³-hybridized carbons (Fsp3) is 0.529. The highest BCUT2D eigenvalue weighted by molar-refractivity contribution is 6.21. The van der Waals surface area contributed by atoms with Gasteiger partial charge in [-0.15, -0.1) is 0 Å². The smallest absolute Gasteiger partial charge is 0.261 e. The van der Waals surface area contributed by atoms with E-state index in [1.54, 1.807) is 12.1 Å². The third kappa shape index (κ3) is 2.27. The van der Waals surface area contributed by atoms with Crippen LogP contribution in [0.2, 0.25) is 0 Å². The van der Waals surface area contributed by atoms with Crippen LogP contribution in [0.1, 0.15) is 59.2 Å². The van der Waals surface area contributed by atoms with E-state index in [4.69, 9.17) is 4.74 Å². The highest BCUT2D eigenvalue weighted by Gasteiger charge is 2.41. The molecule has 4 rings (SSSR count). The Morgan fingerprint density at radius 1 is 0.810 bits per heavy atom. The first-order valence-electron chi connectivity index (χ1n) is 7.86. The molecule has 110 valence electrons. The van der Waals surface area contributed by atoms with E-state index in [9.17, 15) is 9.59 Å². The highest BCUT2D eigenvalue weighted by atomic mass is 16.5. The topological polar surface area (TPSA) is 46.6 Å². The molecule has 2 aliphatic carbocycles. The fourth-order valence-electron chi connectivity index (χ4n) is 3.46. The summed E-state index contributed by atoms with van der Waals surface area (Å²) in [7, 11) is 0. The Morgan fingerprint density at radius 3 is 1.76 bits per heavy atom. The Balaban J connectivity index is 1.46. The quantitative estimate of drug-likeness (QED) is 0.802. The lowest BCUT2D eigenvalue weighted by Gasteiger charge is -2.33. The van der Waals surface area contributed by atoms with Gasteiger partial charge in [-0.25, -0.2) is 0 Å². The maximum atomic E-state index is 12.4. The number of rotatable bonds is 3. The van der Waals surface area contributed by atoms with E-state index in [1.807, 2.05) is 12.1 Å². The minimum Gasteiger partial charge on any atom is -0.375 e. The van der Waals surface area contributed by atoms with Crippen molar-refractivity contribution >= 4 is 11.8 Å². The molecule has 0 atom stereocenters. The van der Waals surface area contributed by atoms with Crippen LogP contribution in [0.15, 0.2) is 24.3 Å². The van der Waals surface area contributed by atoms with Crippen LogP contribution in [0.4, 0.5) is 0 Å². The largest absolute Gasteiger partial charge is 0.375 e. The molecule has 2 saturated carbocycles. The van der Waals surface area contributed by atoms with E-state index < -0.39 is 0 Å². The summed E-state index contributed by atoms with van der Waals surface area (Å²) in [5, 5.41) is 0. The molecule has 0 bridgehead atoms. The van der Waals surface area contributed by atoms with Gasteiger partial charge >= 0.3 is 0 Å². The lowest BCUT2D eigenvalue weighted by molar-refractivity contribution is 0.000245. The average Bonchev–Trinajstić information content (AvgIpc) is 3.29. The van der Waals surface area contributed by atoms with Crippen molar-refractivity contribution in [3.05, 3.63) is 35.4 Å². The monoisotopic (exact) mass is 285 g/mol. The number of imide groups is 1. The third-order valence-electron chi connectivity index (χ3n) is 4.74. The Labute approximate surface area is 124 Å². The van der Waals surface area contributed by atoms with Gasteiger partial charge in [0.15, 0.2) is 0 Å². The first-order valence-corrected chi connectivity index (χ1v) is 7.86. The number of amides is 2. The first kappa shape index (κ1) is 13.0. The van der Waals surface area contributed by atoms with E-state index in [0.717, 1.165) is 25.7 Å². The number of carbonyl (C=O) groups excluding carboxylic acids is 2. The lowest BCUT2D eigenvalue weighted by atomic mass is 9.92. The zero-order chi connectivity index (χ0) is 14.4. The van der Waals surface area contributed by atoms with Gasteiger partial charge in [-0.2, -0.15) is 0 Å². The first-order chi connectivity index (χ1) is 10.2. The minimum absolute atomic E-state index is 0.0384. The van der Waals surface area contributed by atoms with Gasteiger partial charge in [-0.1, -0.05) is 12.1 Å².